The van der Waals surface area contributed by atoms with E-state index in [1.807, 2.05) is 27.9 Å². The molecular weight excluding hydrogens is 170 g/mol. The van der Waals surface area contributed by atoms with Crippen LogP contribution in [0.2, 0.25) is 0 Å². The summed E-state index contributed by atoms with van der Waals surface area (Å²) in [5, 5.41) is 8.60. The molecule has 78 valence electrons. The fourth-order valence-electron chi connectivity index (χ4n) is 0.981. The molecule has 1 N–H and O–H groups in total. The SMILES string of the molecule is CC(C)OCC[N+](C)(C)CC(=O)O. The van der Waals surface area contributed by atoms with Crippen molar-refractivity contribution in [2.24, 2.45) is 0 Å². The standard InChI is InChI=1S/C9H19NO3/c1-8(2)13-6-5-10(3,4)7-9(11)12/h8H,5-7H2,1-4H3/p+1. The van der Waals surface area contributed by atoms with Gasteiger partial charge in [-0.05, 0) is 13.8 Å². The van der Waals surface area contributed by atoms with Crippen molar-refractivity contribution >= 4 is 5.97 Å². The fourth-order valence-corrected chi connectivity index (χ4v) is 0.981. The molecule has 0 aliphatic heterocycles. The van der Waals surface area contributed by atoms with Gasteiger partial charge in [0.25, 0.3) is 0 Å². The van der Waals surface area contributed by atoms with Gasteiger partial charge in [-0.15, -0.1) is 0 Å². The minimum absolute atomic E-state index is 0.140. The molecule has 0 bridgehead atoms. The Morgan fingerprint density at radius 1 is 1.46 bits per heavy atom. The van der Waals surface area contributed by atoms with Gasteiger partial charge in [0.2, 0.25) is 0 Å². The van der Waals surface area contributed by atoms with Crippen molar-refractivity contribution in [3.8, 4) is 0 Å². The molecule has 0 rings (SSSR count). The second kappa shape index (κ2) is 5.19. The number of rotatable bonds is 6. The third kappa shape index (κ3) is 7.74. The largest absolute Gasteiger partial charge is 0.477 e. The average Bonchev–Trinajstić information content (AvgIpc) is 1.81. The Kier molecular flexibility index (Phi) is 4.95. The molecule has 0 amide bonds. The van der Waals surface area contributed by atoms with E-state index in [2.05, 4.69) is 0 Å². The Balaban J connectivity index is 3.69. The smallest absolute Gasteiger partial charge is 0.359 e. The number of hydrogen-bond donors (Lipinski definition) is 1. The van der Waals surface area contributed by atoms with Gasteiger partial charge in [0.1, 0.15) is 6.54 Å². The summed E-state index contributed by atoms with van der Waals surface area (Å²) in [4.78, 5) is 10.5. The molecule has 0 aliphatic carbocycles. The lowest BCUT2D eigenvalue weighted by Crippen LogP contribution is -2.46. The molecule has 0 saturated heterocycles. The van der Waals surface area contributed by atoms with E-state index in [1.165, 1.54) is 0 Å². The molecular formula is C9H20NO3+. The van der Waals surface area contributed by atoms with E-state index in [0.29, 0.717) is 11.1 Å². The highest BCUT2D eigenvalue weighted by Crippen LogP contribution is 1.97. The Bertz CT molecular complexity index is 166. The lowest BCUT2D eigenvalue weighted by Gasteiger charge is -2.27. The van der Waals surface area contributed by atoms with Gasteiger partial charge in [-0.3, -0.25) is 0 Å². The van der Waals surface area contributed by atoms with Gasteiger partial charge in [-0.25, -0.2) is 4.79 Å². The lowest BCUT2D eigenvalue weighted by atomic mass is 10.4. The molecule has 0 saturated carbocycles. The van der Waals surface area contributed by atoms with E-state index >= 15 is 0 Å². The molecule has 4 heteroatoms. The predicted molar refractivity (Wildman–Crippen MR) is 50.6 cm³/mol. The van der Waals surface area contributed by atoms with Crippen molar-refractivity contribution in [2.45, 2.75) is 20.0 Å². The molecule has 0 aliphatic rings. The summed E-state index contributed by atoms with van der Waals surface area (Å²) in [5.41, 5.74) is 0. The van der Waals surface area contributed by atoms with Crippen LogP contribution in [0.1, 0.15) is 13.8 Å². The van der Waals surface area contributed by atoms with Crippen molar-refractivity contribution in [1.29, 1.82) is 0 Å². The topological polar surface area (TPSA) is 46.5 Å². The molecule has 13 heavy (non-hydrogen) atoms. The number of ether oxygens (including phenoxy) is 1. The molecule has 0 aromatic carbocycles. The summed E-state index contributed by atoms with van der Waals surface area (Å²) in [5.74, 6) is -0.769. The quantitative estimate of drug-likeness (QED) is 0.623. The number of carbonyl (C=O) groups is 1. The molecule has 0 aromatic heterocycles. The summed E-state index contributed by atoms with van der Waals surface area (Å²) in [6, 6.07) is 0. The number of quaternary nitrogens is 1. The molecule has 0 unspecified atom stereocenters. The fraction of sp³-hybridized carbons (Fsp3) is 0.889. The van der Waals surface area contributed by atoms with Gasteiger partial charge in [0.15, 0.2) is 6.54 Å². The third-order valence-electron chi connectivity index (χ3n) is 1.71. The number of aliphatic carboxylic acids is 1. The number of carboxylic acid groups (broad SMARTS) is 1. The van der Waals surface area contributed by atoms with Gasteiger partial charge in [0, 0.05) is 0 Å². The lowest BCUT2D eigenvalue weighted by molar-refractivity contribution is -0.883. The molecule has 0 radical (unpaired) electrons. The predicted octanol–water partition coefficient (Wildman–Crippen LogP) is 0.572. The van der Waals surface area contributed by atoms with Gasteiger partial charge in [-0.2, -0.15) is 0 Å². The molecule has 0 spiro atoms. The first-order valence-corrected chi connectivity index (χ1v) is 4.49. The minimum Gasteiger partial charge on any atom is -0.477 e. The minimum atomic E-state index is -0.769. The van der Waals surface area contributed by atoms with Gasteiger partial charge >= 0.3 is 5.97 Å². The van der Waals surface area contributed by atoms with Gasteiger partial charge < -0.3 is 14.3 Å². The van der Waals surface area contributed by atoms with E-state index in [4.69, 9.17) is 9.84 Å². The summed E-state index contributed by atoms with van der Waals surface area (Å²) in [6.45, 7) is 5.41. The van der Waals surface area contributed by atoms with Crippen LogP contribution in [0.5, 0.6) is 0 Å². The Morgan fingerprint density at radius 3 is 2.38 bits per heavy atom. The van der Waals surface area contributed by atoms with E-state index in [-0.39, 0.29) is 12.6 Å². The highest BCUT2D eigenvalue weighted by Gasteiger charge is 2.18. The van der Waals surface area contributed by atoms with E-state index in [0.717, 1.165) is 6.54 Å². The molecule has 0 heterocycles. The normalized spacial score (nSPS) is 12.1. The second-order valence-corrected chi connectivity index (χ2v) is 4.13. The monoisotopic (exact) mass is 190 g/mol. The molecule has 0 aromatic rings. The molecule has 0 atom stereocenters. The Hall–Kier alpha value is -0.610. The van der Waals surface area contributed by atoms with Crippen LogP contribution in [0.4, 0.5) is 0 Å². The van der Waals surface area contributed by atoms with Crippen LogP contribution < -0.4 is 0 Å². The van der Waals surface area contributed by atoms with Crippen LogP contribution in [-0.4, -0.2) is 55.5 Å². The zero-order valence-corrected chi connectivity index (χ0v) is 8.91. The van der Waals surface area contributed by atoms with Gasteiger partial charge in [0.05, 0.1) is 26.8 Å². The van der Waals surface area contributed by atoms with Gasteiger partial charge in [-0.1, -0.05) is 0 Å². The van der Waals surface area contributed by atoms with Crippen molar-refractivity contribution in [1.82, 2.24) is 0 Å². The van der Waals surface area contributed by atoms with E-state index < -0.39 is 5.97 Å². The maximum Gasteiger partial charge on any atom is 0.359 e. The maximum atomic E-state index is 10.5. The average molecular weight is 190 g/mol. The van der Waals surface area contributed by atoms with E-state index in [9.17, 15) is 4.79 Å². The van der Waals surface area contributed by atoms with Crippen LogP contribution in [0.25, 0.3) is 0 Å². The van der Waals surface area contributed by atoms with Crippen molar-refractivity contribution in [3.05, 3.63) is 0 Å². The summed E-state index contributed by atoms with van der Waals surface area (Å²) in [6.07, 6.45) is 0.213. The van der Waals surface area contributed by atoms with Crippen LogP contribution in [-0.2, 0) is 9.53 Å². The van der Waals surface area contributed by atoms with Crippen molar-refractivity contribution in [2.75, 3.05) is 33.8 Å². The first-order chi connectivity index (χ1) is 5.83. The van der Waals surface area contributed by atoms with Crippen LogP contribution >= 0.6 is 0 Å². The first kappa shape index (κ1) is 12.4. The molecule has 4 nitrogen and oxygen atoms in total. The Labute approximate surface area is 79.7 Å². The van der Waals surface area contributed by atoms with Crippen molar-refractivity contribution < 1.29 is 19.1 Å². The van der Waals surface area contributed by atoms with E-state index in [1.54, 1.807) is 0 Å². The number of hydrogen-bond acceptors (Lipinski definition) is 2. The van der Waals surface area contributed by atoms with Crippen molar-refractivity contribution in [3.63, 3.8) is 0 Å². The zero-order valence-electron chi connectivity index (χ0n) is 8.91. The summed E-state index contributed by atoms with van der Waals surface area (Å²) in [7, 11) is 3.77. The zero-order chi connectivity index (χ0) is 10.5. The number of carboxylic acids is 1. The van der Waals surface area contributed by atoms with Crippen LogP contribution in [0.15, 0.2) is 0 Å². The molecule has 0 fully saturated rings. The maximum absolute atomic E-state index is 10.5. The highest BCUT2D eigenvalue weighted by molar-refractivity contribution is 5.67. The summed E-state index contributed by atoms with van der Waals surface area (Å²) >= 11 is 0. The third-order valence-corrected chi connectivity index (χ3v) is 1.71. The Morgan fingerprint density at radius 2 is 2.00 bits per heavy atom. The van der Waals surface area contributed by atoms with Crippen LogP contribution in [0, 0.1) is 0 Å². The highest BCUT2D eigenvalue weighted by atomic mass is 16.5. The summed E-state index contributed by atoms with van der Waals surface area (Å²) < 4.78 is 5.81. The van der Waals surface area contributed by atoms with Crippen LogP contribution in [0.3, 0.4) is 0 Å². The first-order valence-electron chi connectivity index (χ1n) is 4.49. The number of likely N-dealkylation sites (N-methyl/N-ethyl adjacent to an activating group) is 1. The number of nitrogens with zero attached hydrogens (tertiary/aromatic N) is 1. The second-order valence-electron chi connectivity index (χ2n) is 4.13.